The van der Waals surface area contributed by atoms with Gasteiger partial charge in [0.15, 0.2) is 5.82 Å². The highest BCUT2D eigenvalue weighted by molar-refractivity contribution is 5.59. The summed E-state index contributed by atoms with van der Waals surface area (Å²) >= 11 is 0. The number of allylic oxidation sites excluding steroid dienone is 1. The topological polar surface area (TPSA) is 41.9 Å². The number of aryl methyl sites for hydroxylation is 1. The van der Waals surface area contributed by atoms with Gasteiger partial charge in [0.25, 0.3) is 0 Å². The standard InChI is InChI=1S/C18H22N4/c1-4-15-7-10-22(11-8-15)18-13(2)14(3)20-17(21-18)16-6-5-9-19-12-16/h4-6,9,12,15H,1,7-8,10-11H2,2-3H3. The Labute approximate surface area is 131 Å². The second kappa shape index (κ2) is 6.26. The van der Waals surface area contributed by atoms with Gasteiger partial charge < -0.3 is 4.90 Å². The summed E-state index contributed by atoms with van der Waals surface area (Å²) in [7, 11) is 0. The van der Waals surface area contributed by atoms with Gasteiger partial charge >= 0.3 is 0 Å². The normalized spacial score (nSPS) is 15.8. The van der Waals surface area contributed by atoms with E-state index >= 15 is 0 Å². The zero-order valence-electron chi connectivity index (χ0n) is 13.3. The van der Waals surface area contributed by atoms with Gasteiger partial charge in [-0.05, 0) is 44.7 Å². The molecule has 22 heavy (non-hydrogen) atoms. The zero-order chi connectivity index (χ0) is 15.5. The smallest absolute Gasteiger partial charge is 0.163 e. The third kappa shape index (κ3) is 2.86. The van der Waals surface area contributed by atoms with Gasteiger partial charge in [-0.1, -0.05) is 6.08 Å². The Kier molecular flexibility index (Phi) is 4.18. The van der Waals surface area contributed by atoms with E-state index in [0.29, 0.717) is 5.92 Å². The lowest BCUT2D eigenvalue weighted by Crippen LogP contribution is -2.34. The second-order valence-electron chi connectivity index (χ2n) is 5.88. The van der Waals surface area contributed by atoms with Crippen LogP contribution in [0.5, 0.6) is 0 Å². The van der Waals surface area contributed by atoms with E-state index in [9.17, 15) is 0 Å². The molecule has 3 heterocycles. The molecule has 0 bridgehead atoms. The molecule has 3 rings (SSSR count). The summed E-state index contributed by atoms with van der Waals surface area (Å²) in [5.74, 6) is 2.46. The molecule has 1 aliphatic rings. The summed E-state index contributed by atoms with van der Waals surface area (Å²) in [6, 6.07) is 3.92. The molecule has 1 saturated heterocycles. The summed E-state index contributed by atoms with van der Waals surface area (Å²) in [5, 5.41) is 0. The molecule has 0 unspecified atom stereocenters. The third-order valence-electron chi connectivity index (χ3n) is 4.46. The van der Waals surface area contributed by atoms with Gasteiger partial charge in [-0.15, -0.1) is 6.58 Å². The molecule has 4 heteroatoms. The second-order valence-corrected chi connectivity index (χ2v) is 5.88. The molecular formula is C18H22N4. The highest BCUT2D eigenvalue weighted by Gasteiger charge is 2.21. The maximum Gasteiger partial charge on any atom is 0.163 e. The van der Waals surface area contributed by atoms with Crippen LogP contribution in [0.4, 0.5) is 5.82 Å². The average molecular weight is 294 g/mol. The fourth-order valence-electron chi connectivity index (χ4n) is 2.89. The van der Waals surface area contributed by atoms with E-state index in [2.05, 4.69) is 41.4 Å². The molecule has 0 atom stereocenters. The van der Waals surface area contributed by atoms with Crippen LogP contribution in [-0.4, -0.2) is 28.0 Å². The van der Waals surface area contributed by atoms with Crippen LogP contribution in [0.2, 0.25) is 0 Å². The van der Waals surface area contributed by atoms with Crippen molar-refractivity contribution >= 4 is 5.82 Å². The number of hydrogen-bond donors (Lipinski definition) is 0. The van der Waals surface area contributed by atoms with Crippen LogP contribution >= 0.6 is 0 Å². The third-order valence-corrected chi connectivity index (χ3v) is 4.46. The first-order valence-electron chi connectivity index (χ1n) is 7.82. The lowest BCUT2D eigenvalue weighted by atomic mass is 9.97. The summed E-state index contributed by atoms with van der Waals surface area (Å²) in [5.41, 5.74) is 3.17. The first kappa shape index (κ1) is 14.7. The quantitative estimate of drug-likeness (QED) is 0.812. The molecular weight excluding hydrogens is 272 g/mol. The predicted molar refractivity (Wildman–Crippen MR) is 89.9 cm³/mol. The number of anilines is 1. The van der Waals surface area contributed by atoms with Crippen molar-refractivity contribution in [2.24, 2.45) is 5.92 Å². The van der Waals surface area contributed by atoms with Crippen LogP contribution in [0.25, 0.3) is 11.4 Å². The fourth-order valence-corrected chi connectivity index (χ4v) is 2.89. The summed E-state index contributed by atoms with van der Waals surface area (Å²) in [6.45, 7) is 10.1. The Morgan fingerprint density at radius 2 is 2.00 bits per heavy atom. The van der Waals surface area contributed by atoms with Gasteiger partial charge in [0.05, 0.1) is 0 Å². The van der Waals surface area contributed by atoms with E-state index in [0.717, 1.165) is 48.8 Å². The van der Waals surface area contributed by atoms with E-state index < -0.39 is 0 Å². The molecule has 0 N–H and O–H groups in total. The summed E-state index contributed by atoms with van der Waals surface area (Å²) in [4.78, 5) is 16.0. The van der Waals surface area contributed by atoms with E-state index in [4.69, 9.17) is 4.98 Å². The molecule has 114 valence electrons. The number of rotatable bonds is 3. The van der Waals surface area contributed by atoms with Gasteiger partial charge in [-0.2, -0.15) is 0 Å². The van der Waals surface area contributed by atoms with Crippen LogP contribution < -0.4 is 4.90 Å². The van der Waals surface area contributed by atoms with Crippen molar-refractivity contribution in [3.8, 4) is 11.4 Å². The Balaban J connectivity index is 1.94. The van der Waals surface area contributed by atoms with Gasteiger partial charge in [0.2, 0.25) is 0 Å². The van der Waals surface area contributed by atoms with Crippen molar-refractivity contribution in [1.29, 1.82) is 0 Å². The van der Waals surface area contributed by atoms with Crippen molar-refractivity contribution in [3.63, 3.8) is 0 Å². The maximum atomic E-state index is 4.83. The van der Waals surface area contributed by atoms with Crippen LogP contribution in [0.15, 0.2) is 37.2 Å². The molecule has 4 nitrogen and oxygen atoms in total. The molecule has 0 saturated carbocycles. The molecule has 2 aromatic heterocycles. The molecule has 2 aromatic rings. The number of hydrogen-bond acceptors (Lipinski definition) is 4. The minimum absolute atomic E-state index is 0.636. The highest BCUT2D eigenvalue weighted by atomic mass is 15.2. The van der Waals surface area contributed by atoms with Crippen molar-refractivity contribution in [2.45, 2.75) is 26.7 Å². The minimum Gasteiger partial charge on any atom is -0.356 e. The number of pyridine rings is 1. The average Bonchev–Trinajstić information content (AvgIpc) is 2.58. The minimum atomic E-state index is 0.636. The molecule has 0 aromatic carbocycles. The Bertz CT molecular complexity index is 658. The van der Waals surface area contributed by atoms with Crippen LogP contribution in [0.3, 0.4) is 0 Å². The van der Waals surface area contributed by atoms with Crippen LogP contribution in [0.1, 0.15) is 24.1 Å². The van der Waals surface area contributed by atoms with Crippen molar-refractivity contribution in [2.75, 3.05) is 18.0 Å². The molecule has 0 amide bonds. The fraction of sp³-hybridized carbons (Fsp3) is 0.389. The van der Waals surface area contributed by atoms with Crippen molar-refractivity contribution in [1.82, 2.24) is 15.0 Å². The highest BCUT2D eigenvalue weighted by Crippen LogP contribution is 2.28. The lowest BCUT2D eigenvalue weighted by Gasteiger charge is -2.32. The zero-order valence-corrected chi connectivity index (χ0v) is 13.3. The summed E-state index contributed by atoms with van der Waals surface area (Å²) < 4.78 is 0. The molecule has 1 fully saturated rings. The number of piperidine rings is 1. The van der Waals surface area contributed by atoms with Crippen molar-refractivity contribution in [3.05, 3.63) is 48.4 Å². The lowest BCUT2D eigenvalue weighted by molar-refractivity contribution is 0.476. The number of aromatic nitrogens is 3. The molecule has 0 spiro atoms. The first-order chi connectivity index (χ1) is 10.7. The predicted octanol–water partition coefficient (Wildman–Crippen LogP) is 3.56. The van der Waals surface area contributed by atoms with E-state index in [1.54, 1.807) is 6.20 Å². The van der Waals surface area contributed by atoms with Gasteiger partial charge in [-0.3, -0.25) is 4.98 Å². The van der Waals surface area contributed by atoms with Gasteiger partial charge in [0.1, 0.15) is 5.82 Å². The Hall–Kier alpha value is -2.23. The van der Waals surface area contributed by atoms with Crippen LogP contribution in [-0.2, 0) is 0 Å². The maximum absolute atomic E-state index is 4.83. The van der Waals surface area contributed by atoms with Crippen molar-refractivity contribution < 1.29 is 0 Å². The Morgan fingerprint density at radius 1 is 1.23 bits per heavy atom. The molecule has 0 aliphatic carbocycles. The van der Waals surface area contributed by atoms with E-state index in [-0.39, 0.29) is 0 Å². The summed E-state index contributed by atoms with van der Waals surface area (Å²) in [6.07, 6.45) is 7.96. The van der Waals surface area contributed by atoms with E-state index in [1.807, 2.05) is 18.3 Å². The number of nitrogens with zero attached hydrogens (tertiary/aromatic N) is 4. The first-order valence-corrected chi connectivity index (χ1v) is 7.82. The van der Waals surface area contributed by atoms with Gasteiger partial charge in [-0.25, -0.2) is 9.97 Å². The monoisotopic (exact) mass is 294 g/mol. The van der Waals surface area contributed by atoms with Gasteiger partial charge in [0, 0.05) is 42.3 Å². The molecule has 0 radical (unpaired) electrons. The Morgan fingerprint density at radius 3 is 2.64 bits per heavy atom. The SMILES string of the molecule is C=CC1CCN(c2nc(-c3cccnc3)nc(C)c2C)CC1. The van der Waals surface area contributed by atoms with E-state index in [1.165, 1.54) is 5.56 Å². The largest absolute Gasteiger partial charge is 0.356 e. The van der Waals surface area contributed by atoms with Crippen LogP contribution in [0, 0.1) is 19.8 Å². The molecule has 1 aliphatic heterocycles.